The third-order valence-electron chi connectivity index (χ3n) is 3.53. The van der Waals surface area contributed by atoms with Crippen molar-refractivity contribution in [2.24, 2.45) is 10.9 Å². The van der Waals surface area contributed by atoms with Gasteiger partial charge in [0.05, 0.1) is 13.2 Å². The molecule has 6 heteroatoms. The molecule has 0 amide bonds. The summed E-state index contributed by atoms with van der Waals surface area (Å²) in [6, 6.07) is 0.532. The van der Waals surface area contributed by atoms with E-state index in [2.05, 4.69) is 41.3 Å². The summed E-state index contributed by atoms with van der Waals surface area (Å²) in [6.07, 6.45) is 1.11. The number of morpholine rings is 1. The second-order valence-corrected chi connectivity index (χ2v) is 5.34. The standard InChI is InChI=1S/C14H30N4O.HI/c1-5-6-16-14(15-4)17-11-13(12(2)3)18-7-9-19-10-8-18;/h12-13H,5-11H2,1-4H3,(H2,15,16,17);1H. The van der Waals surface area contributed by atoms with E-state index in [1.165, 1.54) is 0 Å². The Balaban J connectivity index is 0.00000361. The molecule has 1 rings (SSSR count). The van der Waals surface area contributed by atoms with Gasteiger partial charge in [-0.3, -0.25) is 9.89 Å². The molecule has 0 aromatic heterocycles. The minimum absolute atomic E-state index is 0. The zero-order valence-electron chi connectivity index (χ0n) is 13.3. The first-order valence-electron chi connectivity index (χ1n) is 7.45. The molecule has 0 saturated carbocycles. The summed E-state index contributed by atoms with van der Waals surface area (Å²) in [6.45, 7) is 12.4. The Morgan fingerprint density at radius 1 is 1.25 bits per heavy atom. The van der Waals surface area contributed by atoms with Gasteiger partial charge in [-0.05, 0) is 12.3 Å². The second-order valence-electron chi connectivity index (χ2n) is 5.34. The van der Waals surface area contributed by atoms with Crippen molar-refractivity contribution < 1.29 is 4.74 Å². The monoisotopic (exact) mass is 398 g/mol. The summed E-state index contributed by atoms with van der Waals surface area (Å²) >= 11 is 0. The zero-order valence-corrected chi connectivity index (χ0v) is 15.6. The van der Waals surface area contributed by atoms with Crippen LogP contribution in [0.5, 0.6) is 0 Å². The molecule has 0 aliphatic carbocycles. The molecule has 0 aromatic rings. The van der Waals surface area contributed by atoms with Crippen molar-refractivity contribution in [1.29, 1.82) is 0 Å². The van der Waals surface area contributed by atoms with E-state index in [9.17, 15) is 0 Å². The molecule has 1 atom stereocenters. The van der Waals surface area contributed by atoms with Crippen LogP contribution in [-0.4, -0.2) is 63.3 Å². The van der Waals surface area contributed by atoms with Gasteiger partial charge in [0.2, 0.25) is 0 Å². The Morgan fingerprint density at radius 2 is 1.90 bits per heavy atom. The van der Waals surface area contributed by atoms with E-state index >= 15 is 0 Å². The largest absolute Gasteiger partial charge is 0.379 e. The first kappa shape index (κ1) is 19.9. The first-order valence-corrected chi connectivity index (χ1v) is 7.45. The van der Waals surface area contributed by atoms with Gasteiger partial charge in [-0.15, -0.1) is 24.0 Å². The van der Waals surface area contributed by atoms with E-state index in [0.29, 0.717) is 12.0 Å². The molecule has 1 fully saturated rings. The van der Waals surface area contributed by atoms with Gasteiger partial charge in [0.1, 0.15) is 0 Å². The minimum atomic E-state index is 0. The molecule has 20 heavy (non-hydrogen) atoms. The molecule has 0 radical (unpaired) electrons. The molecule has 1 aliphatic rings. The molecule has 1 unspecified atom stereocenters. The molecule has 5 nitrogen and oxygen atoms in total. The van der Waals surface area contributed by atoms with Crippen molar-refractivity contribution in [3.05, 3.63) is 0 Å². The van der Waals surface area contributed by atoms with Gasteiger partial charge in [-0.1, -0.05) is 20.8 Å². The summed E-state index contributed by atoms with van der Waals surface area (Å²) in [5, 5.41) is 6.75. The van der Waals surface area contributed by atoms with Crippen LogP contribution in [0, 0.1) is 5.92 Å². The van der Waals surface area contributed by atoms with Gasteiger partial charge in [0, 0.05) is 39.3 Å². The highest BCUT2D eigenvalue weighted by atomic mass is 127. The van der Waals surface area contributed by atoms with Crippen molar-refractivity contribution in [3.63, 3.8) is 0 Å². The Bertz CT molecular complexity index is 268. The number of guanidine groups is 1. The number of nitrogens with zero attached hydrogens (tertiary/aromatic N) is 2. The Labute approximate surface area is 140 Å². The van der Waals surface area contributed by atoms with Crippen molar-refractivity contribution in [2.45, 2.75) is 33.2 Å². The number of hydrogen-bond donors (Lipinski definition) is 2. The average Bonchev–Trinajstić information content (AvgIpc) is 2.43. The quantitative estimate of drug-likeness (QED) is 0.405. The van der Waals surface area contributed by atoms with Gasteiger partial charge in [-0.25, -0.2) is 0 Å². The molecule has 0 spiro atoms. The molecule has 1 aliphatic heterocycles. The number of hydrogen-bond acceptors (Lipinski definition) is 3. The summed E-state index contributed by atoms with van der Waals surface area (Å²) < 4.78 is 5.43. The number of rotatable bonds is 6. The SMILES string of the molecule is CCCNC(=NC)NCC(C(C)C)N1CCOCC1.I. The van der Waals surface area contributed by atoms with E-state index in [1.807, 2.05) is 7.05 Å². The lowest BCUT2D eigenvalue weighted by Crippen LogP contribution is -2.52. The van der Waals surface area contributed by atoms with E-state index < -0.39 is 0 Å². The van der Waals surface area contributed by atoms with Gasteiger partial charge in [0.25, 0.3) is 0 Å². The van der Waals surface area contributed by atoms with Crippen LogP contribution in [-0.2, 0) is 4.74 Å². The highest BCUT2D eigenvalue weighted by Crippen LogP contribution is 2.12. The molecular formula is C14H31IN4O. The van der Waals surface area contributed by atoms with Gasteiger partial charge >= 0.3 is 0 Å². The van der Waals surface area contributed by atoms with Crippen LogP contribution in [0.2, 0.25) is 0 Å². The van der Waals surface area contributed by atoms with Crippen LogP contribution in [0.4, 0.5) is 0 Å². The van der Waals surface area contributed by atoms with Crippen molar-refractivity contribution >= 4 is 29.9 Å². The van der Waals surface area contributed by atoms with E-state index in [4.69, 9.17) is 4.74 Å². The van der Waals surface area contributed by atoms with E-state index in [1.54, 1.807) is 0 Å². The predicted molar refractivity (Wildman–Crippen MR) is 96.1 cm³/mol. The fourth-order valence-electron chi connectivity index (χ4n) is 2.36. The van der Waals surface area contributed by atoms with Crippen LogP contribution < -0.4 is 10.6 Å². The molecular weight excluding hydrogens is 367 g/mol. The number of nitrogens with one attached hydrogen (secondary N) is 2. The summed E-state index contributed by atoms with van der Waals surface area (Å²) in [5.74, 6) is 1.52. The number of aliphatic imine (C=N–C) groups is 1. The molecule has 2 N–H and O–H groups in total. The Morgan fingerprint density at radius 3 is 2.40 bits per heavy atom. The van der Waals surface area contributed by atoms with Crippen molar-refractivity contribution in [3.8, 4) is 0 Å². The lowest BCUT2D eigenvalue weighted by molar-refractivity contribution is 0.00752. The normalized spacial score (nSPS) is 18.6. The van der Waals surface area contributed by atoms with Crippen LogP contribution in [0.1, 0.15) is 27.2 Å². The number of halogens is 1. The predicted octanol–water partition coefficient (Wildman–Crippen LogP) is 1.54. The first-order chi connectivity index (χ1) is 9.19. The fourth-order valence-corrected chi connectivity index (χ4v) is 2.36. The summed E-state index contributed by atoms with van der Waals surface area (Å²) in [4.78, 5) is 6.78. The lowest BCUT2D eigenvalue weighted by Gasteiger charge is -2.37. The van der Waals surface area contributed by atoms with Crippen LogP contribution in [0.15, 0.2) is 4.99 Å². The highest BCUT2D eigenvalue weighted by Gasteiger charge is 2.23. The van der Waals surface area contributed by atoms with Gasteiger partial charge in [-0.2, -0.15) is 0 Å². The molecule has 1 heterocycles. The van der Waals surface area contributed by atoms with Gasteiger partial charge < -0.3 is 15.4 Å². The third-order valence-corrected chi connectivity index (χ3v) is 3.53. The second kappa shape index (κ2) is 11.6. The van der Waals surface area contributed by atoms with Crippen LogP contribution in [0.3, 0.4) is 0 Å². The van der Waals surface area contributed by atoms with Crippen molar-refractivity contribution in [2.75, 3.05) is 46.4 Å². The average molecular weight is 398 g/mol. The summed E-state index contributed by atoms with van der Waals surface area (Å²) in [7, 11) is 1.82. The minimum Gasteiger partial charge on any atom is -0.379 e. The maximum absolute atomic E-state index is 5.43. The molecule has 0 aromatic carbocycles. The Hall–Kier alpha value is -0.0800. The summed E-state index contributed by atoms with van der Waals surface area (Å²) in [5.41, 5.74) is 0. The fraction of sp³-hybridized carbons (Fsp3) is 0.929. The van der Waals surface area contributed by atoms with E-state index in [0.717, 1.165) is 51.8 Å². The zero-order chi connectivity index (χ0) is 14.1. The topological polar surface area (TPSA) is 48.9 Å². The maximum atomic E-state index is 5.43. The molecule has 120 valence electrons. The van der Waals surface area contributed by atoms with E-state index in [-0.39, 0.29) is 24.0 Å². The smallest absolute Gasteiger partial charge is 0.191 e. The van der Waals surface area contributed by atoms with Crippen LogP contribution >= 0.6 is 24.0 Å². The molecule has 1 saturated heterocycles. The molecule has 0 bridgehead atoms. The highest BCUT2D eigenvalue weighted by molar-refractivity contribution is 14.0. The third kappa shape index (κ3) is 7.08. The number of ether oxygens (including phenoxy) is 1. The Kier molecular flexibility index (Phi) is 11.5. The van der Waals surface area contributed by atoms with Gasteiger partial charge in [0.15, 0.2) is 5.96 Å². The lowest BCUT2D eigenvalue weighted by atomic mass is 10.0. The van der Waals surface area contributed by atoms with Crippen molar-refractivity contribution in [1.82, 2.24) is 15.5 Å². The maximum Gasteiger partial charge on any atom is 0.191 e. The van der Waals surface area contributed by atoms with Crippen LogP contribution in [0.25, 0.3) is 0 Å².